The molecule has 1 amide bonds. The molecule has 0 aromatic heterocycles. The zero-order valence-electron chi connectivity index (χ0n) is 12.0. The normalized spacial score (nSPS) is 11.8. The van der Waals surface area contributed by atoms with E-state index >= 15 is 0 Å². The Morgan fingerprint density at radius 1 is 1.35 bits per heavy atom. The van der Waals surface area contributed by atoms with Gasteiger partial charge < -0.3 is 5.32 Å². The number of anilines is 1. The first-order valence-electron chi connectivity index (χ1n) is 6.54. The fraction of sp³-hybridized carbons (Fsp3) is 0.133. The van der Waals surface area contributed by atoms with Gasteiger partial charge in [-0.05, 0) is 25.1 Å². The third-order valence-electron chi connectivity index (χ3n) is 2.93. The van der Waals surface area contributed by atoms with Crippen LogP contribution in [0.15, 0.2) is 47.4 Å². The van der Waals surface area contributed by atoms with Crippen LogP contribution in [0, 0.1) is 15.9 Å². The zero-order valence-corrected chi connectivity index (χ0v) is 13.5. The van der Waals surface area contributed by atoms with E-state index in [1.807, 2.05) is 0 Å². The van der Waals surface area contributed by atoms with Crippen molar-refractivity contribution in [1.82, 2.24) is 0 Å². The summed E-state index contributed by atoms with van der Waals surface area (Å²) in [4.78, 5) is 22.7. The lowest BCUT2D eigenvalue weighted by Crippen LogP contribution is -2.22. The van der Waals surface area contributed by atoms with Gasteiger partial charge in [0, 0.05) is 17.0 Å². The minimum Gasteiger partial charge on any atom is -0.324 e. The topological polar surface area (TPSA) is 72.2 Å². The monoisotopic (exact) mass is 354 g/mol. The molecule has 1 N–H and O–H groups in total. The van der Waals surface area contributed by atoms with Crippen molar-refractivity contribution in [3.63, 3.8) is 0 Å². The summed E-state index contributed by atoms with van der Waals surface area (Å²) in [6.07, 6.45) is 0. The number of carbonyl (C=O) groups is 1. The molecule has 23 heavy (non-hydrogen) atoms. The molecule has 0 saturated heterocycles. The van der Waals surface area contributed by atoms with E-state index in [1.54, 1.807) is 25.1 Å². The van der Waals surface area contributed by atoms with Crippen LogP contribution in [0.4, 0.5) is 15.8 Å². The van der Waals surface area contributed by atoms with Crippen LogP contribution in [0.2, 0.25) is 5.02 Å². The molecule has 2 aromatic carbocycles. The molecule has 2 rings (SSSR count). The summed E-state index contributed by atoms with van der Waals surface area (Å²) in [5.74, 6) is -0.841. The molecule has 8 heteroatoms. The molecule has 0 aliphatic heterocycles. The Balaban J connectivity index is 2.11. The maximum Gasteiger partial charge on any atom is 0.271 e. The largest absolute Gasteiger partial charge is 0.324 e. The summed E-state index contributed by atoms with van der Waals surface area (Å²) in [7, 11) is 0. The Labute approximate surface area is 141 Å². The van der Waals surface area contributed by atoms with Gasteiger partial charge in [0.05, 0.1) is 20.9 Å². The van der Waals surface area contributed by atoms with Crippen molar-refractivity contribution in [2.75, 3.05) is 5.32 Å². The average Bonchev–Trinajstić information content (AvgIpc) is 2.51. The minimum atomic E-state index is -0.609. The highest BCUT2D eigenvalue weighted by Crippen LogP contribution is 2.29. The Morgan fingerprint density at radius 2 is 2.04 bits per heavy atom. The second kappa shape index (κ2) is 7.43. The number of nitrogens with one attached hydrogen (secondary N) is 1. The Morgan fingerprint density at radius 3 is 2.70 bits per heavy atom. The molecule has 0 aliphatic carbocycles. The molecule has 0 spiro atoms. The van der Waals surface area contributed by atoms with Gasteiger partial charge in [-0.15, -0.1) is 11.8 Å². The minimum absolute atomic E-state index is 0.145. The summed E-state index contributed by atoms with van der Waals surface area (Å²) in [5.41, 5.74) is -0.0361. The number of amides is 1. The number of benzene rings is 2. The van der Waals surface area contributed by atoms with Crippen LogP contribution >= 0.6 is 23.4 Å². The lowest BCUT2D eigenvalue weighted by molar-refractivity contribution is -0.384. The number of nitro groups is 1. The molecule has 0 fully saturated rings. The number of hydrogen-bond acceptors (Lipinski definition) is 4. The van der Waals surface area contributed by atoms with Gasteiger partial charge in [0.25, 0.3) is 5.69 Å². The predicted octanol–water partition coefficient (Wildman–Crippen LogP) is 4.51. The first kappa shape index (κ1) is 17.2. The molecule has 5 nitrogen and oxygen atoms in total. The van der Waals surface area contributed by atoms with Crippen molar-refractivity contribution in [3.8, 4) is 0 Å². The fourth-order valence-corrected chi connectivity index (χ4v) is 2.79. The van der Waals surface area contributed by atoms with E-state index in [4.69, 9.17) is 11.6 Å². The molecule has 2 aromatic rings. The molecule has 0 unspecified atom stereocenters. The highest BCUT2D eigenvalue weighted by molar-refractivity contribution is 8.00. The number of rotatable bonds is 5. The van der Waals surface area contributed by atoms with Crippen molar-refractivity contribution in [1.29, 1.82) is 0 Å². The van der Waals surface area contributed by atoms with Crippen molar-refractivity contribution >= 4 is 40.6 Å². The number of non-ortho nitro benzene ring substituents is 1. The van der Waals surface area contributed by atoms with Gasteiger partial charge in [-0.1, -0.05) is 23.7 Å². The summed E-state index contributed by atoms with van der Waals surface area (Å²) in [6, 6.07) is 9.88. The molecular formula is C15H12ClFN2O3S. The van der Waals surface area contributed by atoms with Gasteiger partial charge in [0.2, 0.25) is 5.91 Å². The fourth-order valence-electron chi connectivity index (χ4n) is 1.74. The highest BCUT2D eigenvalue weighted by atomic mass is 35.5. The smallest absolute Gasteiger partial charge is 0.271 e. The third kappa shape index (κ3) is 4.43. The van der Waals surface area contributed by atoms with E-state index in [9.17, 15) is 19.3 Å². The summed E-state index contributed by atoms with van der Waals surface area (Å²) in [6.45, 7) is 1.61. The Hall–Kier alpha value is -2.12. The van der Waals surface area contributed by atoms with Crippen LogP contribution in [0.25, 0.3) is 0 Å². The molecule has 1 atom stereocenters. The van der Waals surface area contributed by atoms with Crippen LogP contribution in [0.3, 0.4) is 0 Å². The van der Waals surface area contributed by atoms with E-state index in [-0.39, 0.29) is 16.4 Å². The first-order valence-corrected chi connectivity index (χ1v) is 7.80. The molecule has 0 aliphatic rings. The van der Waals surface area contributed by atoms with Crippen molar-refractivity contribution in [2.24, 2.45) is 0 Å². The van der Waals surface area contributed by atoms with Crippen molar-refractivity contribution < 1.29 is 14.1 Å². The number of nitro benzene ring substituents is 1. The molecule has 0 bridgehead atoms. The SMILES string of the molecule is C[C@H](Sc1ccccc1F)C(=O)Nc1cc([N+](=O)[O-])ccc1Cl. The van der Waals surface area contributed by atoms with E-state index in [1.165, 1.54) is 24.3 Å². The van der Waals surface area contributed by atoms with E-state index in [0.717, 1.165) is 11.8 Å². The van der Waals surface area contributed by atoms with E-state index in [0.29, 0.717) is 4.90 Å². The number of halogens is 2. The van der Waals surface area contributed by atoms with Gasteiger partial charge in [-0.3, -0.25) is 14.9 Å². The van der Waals surface area contributed by atoms with Gasteiger partial charge in [-0.25, -0.2) is 4.39 Å². The molecule has 0 radical (unpaired) electrons. The Kier molecular flexibility index (Phi) is 5.57. The predicted molar refractivity (Wildman–Crippen MR) is 88.5 cm³/mol. The van der Waals surface area contributed by atoms with E-state index in [2.05, 4.69) is 5.32 Å². The second-order valence-corrected chi connectivity index (χ2v) is 6.39. The van der Waals surface area contributed by atoms with Gasteiger partial charge in [-0.2, -0.15) is 0 Å². The molecular weight excluding hydrogens is 343 g/mol. The van der Waals surface area contributed by atoms with Crippen LogP contribution in [0.5, 0.6) is 0 Å². The van der Waals surface area contributed by atoms with Gasteiger partial charge >= 0.3 is 0 Å². The second-order valence-electron chi connectivity index (χ2n) is 4.60. The molecule has 120 valence electrons. The number of carbonyl (C=O) groups excluding carboxylic acids is 1. The number of thioether (sulfide) groups is 1. The zero-order chi connectivity index (χ0) is 17.0. The number of hydrogen-bond donors (Lipinski definition) is 1. The standard InChI is InChI=1S/C15H12ClFN2O3S/c1-9(23-14-5-3-2-4-12(14)17)15(20)18-13-8-10(19(21)22)6-7-11(13)16/h2-9H,1H3,(H,18,20)/t9-/m0/s1. The van der Waals surface area contributed by atoms with Crippen molar-refractivity contribution in [3.05, 3.63) is 63.4 Å². The van der Waals surface area contributed by atoms with Crippen LogP contribution in [0.1, 0.15) is 6.92 Å². The lowest BCUT2D eigenvalue weighted by Gasteiger charge is -2.13. The van der Waals surface area contributed by atoms with Gasteiger partial charge in [0.1, 0.15) is 5.82 Å². The van der Waals surface area contributed by atoms with Crippen LogP contribution < -0.4 is 5.32 Å². The Bertz CT molecular complexity index is 757. The maximum absolute atomic E-state index is 13.6. The average molecular weight is 355 g/mol. The summed E-state index contributed by atoms with van der Waals surface area (Å²) >= 11 is 6.98. The molecule has 0 heterocycles. The van der Waals surface area contributed by atoms with Crippen LogP contribution in [-0.2, 0) is 4.79 Å². The highest BCUT2D eigenvalue weighted by Gasteiger charge is 2.18. The van der Waals surface area contributed by atoms with Gasteiger partial charge in [0.15, 0.2) is 0 Å². The van der Waals surface area contributed by atoms with Crippen LogP contribution in [-0.4, -0.2) is 16.1 Å². The summed E-state index contributed by atoms with van der Waals surface area (Å²) in [5, 5.41) is 12.9. The first-order chi connectivity index (χ1) is 10.9. The maximum atomic E-state index is 13.6. The quantitative estimate of drug-likeness (QED) is 0.487. The van der Waals surface area contributed by atoms with Crippen molar-refractivity contribution in [2.45, 2.75) is 17.1 Å². The third-order valence-corrected chi connectivity index (χ3v) is 4.41. The molecule has 0 saturated carbocycles. The number of nitrogens with zero attached hydrogens (tertiary/aromatic N) is 1. The lowest BCUT2D eigenvalue weighted by atomic mass is 10.2. The summed E-state index contributed by atoms with van der Waals surface area (Å²) < 4.78 is 13.6. The van der Waals surface area contributed by atoms with E-state index < -0.39 is 21.9 Å².